The number of aryl methyl sites for hydroxylation is 2. The van der Waals surface area contributed by atoms with Gasteiger partial charge in [0.15, 0.2) is 0 Å². The number of hydrogen-bond acceptors (Lipinski definition) is 2. The van der Waals surface area contributed by atoms with Crippen LogP contribution in [0.5, 0.6) is 0 Å². The molecule has 1 aliphatic rings. The second kappa shape index (κ2) is 4.25. The zero-order chi connectivity index (χ0) is 12.6. The molecule has 0 radical (unpaired) electrons. The monoisotopic (exact) mass is 242 g/mol. The lowest BCUT2D eigenvalue weighted by molar-refractivity contribution is 0.0618. The van der Waals surface area contributed by atoms with Crippen molar-refractivity contribution in [2.24, 2.45) is 7.05 Å². The number of aromatic nitrogens is 2. The minimum atomic E-state index is -0.891. The van der Waals surface area contributed by atoms with Crippen LogP contribution in [0.1, 0.15) is 36.1 Å². The standard InChI is InChI=1S/C15H18N2O/c1-17-14(9-11-16-17)15(18)10-5-4-7-12-6-2-3-8-13(12)15/h2-3,6,8-9,11,18H,4-5,7,10H2,1H3. The number of rotatable bonds is 1. The Kier molecular flexibility index (Phi) is 2.71. The average molecular weight is 242 g/mol. The smallest absolute Gasteiger partial charge is 0.131 e. The summed E-state index contributed by atoms with van der Waals surface area (Å²) >= 11 is 0. The van der Waals surface area contributed by atoms with Crippen LogP contribution in [0.4, 0.5) is 0 Å². The summed E-state index contributed by atoms with van der Waals surface area (Å²) in [6.07, 6.45) is 5.74. The van der Waals surface area contributed by atoms with Gasteiger partial charge in [-0.15, -0.1) is 0 Å². The van der Waals surface area contributed by atoms with E-state index < -0.39 is 5.60 Å². The highest BCUT2D eigenvalue weighted by molar-refractivity contribution is 5.39. The second-order valence-electron chi connectivity index (χ2n) is 5.06. The van der Waals surface area contributed by atoms with Crippen molar-refractivity contribution in [3.05, 3.63) is 53.3 Å². The summed E-state index contributed by atoms with van der Waals surface area (Å²) in [5.41, 5.74) is 2.31. The molecule has 1 aromatic carbocycles. The summed E-state index contributed by atoms with van der Waals surface area (Å²) in [5, 5.41) is 15.4. The van der Waals surface area contributed by atoms with Crippen LogP contribution in [0.2, 0.25) is 0 Å². The molecule has 0 bridgehead atoms. The predicted molar refractivity (Wildman–Crippen MR) is 70.2 cm³/mol. The van der Waals surface area contributed by atoms with Gasteiger partial charge in [0.1, 0.15) is 5.60 Å². The molecule has 0 spiro atoms. The Morgan fingerprint density at radius 3 is 2.83 bits per heavy atom. The number of hydrogen-bond donors (Lipinski definition) is 1. The number of aliphatic hydroxyl groups is 1. The first-order valence-electron chi connectivity index (χ1n) is 6.51. The maximum Gasteiger partial charge on any atom is 0.131 e. The van der Waals surface area contributed by atoms with Crippen molar-refractivity contribution in [3.8, 4) is 0 Å². The number of benzene rings is 1. The van der Waals surface area contributed by atoms with Gasteiger partial charge in [0.05, 0.1) is 5.69 Å². The van der Waals surface area contributed by atoms with Crippen molar-refractivity contribution in [1.82, 2.24) is 9.78 Å². The van der Waals surface area contributed by atoms with Crippen molar-refractivity contribution < 1.29 is 5.11 Å². The van der Waals surface area contributed by atoms with Crippen LogP contribution in [0.15, 0.2) is 36.5 Å². The quantitative estimate of drug-likeness (QED) is 0.780. The Morgan fingerprint density at radius 2 is 2.06 bits per heavy atom. The Hall–Kier alpha value is -1.61. The maximum absolute atomic E-state index is 11.2. The molecule has 0 saturated carbocycles. The van der Waals surface area contributed by atoms with Crippen molar-refractivity contribution in [3.63, 3.8) is 0 Å². The molecule has 18 heavy (non-hydrogen) atoms. The zero-order valence-electron chi connectivity index (χ0n) is 10.6. The molecule has 1 atom stereocenters. The molecule has 3 nitrogen and oxygen atoms in total. The molecule has 1 aromatic heterocycles. The van der Waals surface area contributed by atoms with E-state index >= 15 is 0 Å². The number of fused-ring (bicyclic) bond motifs is 1. The lowest BCUT2D eigenvalue weighted by Crippen LogP contribution is -2.30. The highest BCUT2D eigenvalue weighted by Crippen LogP contribution is 2.38. The first-order valence-corrected chi connectivity index (χ1v) is 6.51. The molecular weight excluding hydrogens is 224 g/mol. The van der Waals surface area contributed by atoms with Gasteiger partial charge in [-0.25, -0.2) is 0 Å². The molecular formula is C15H18N2O. The van der Waals surface area contributed by atoms with Gasteiger partial charge in [0, 0.05) is 13.2 Å². The van der Waals surface area contributed by atoms with Crippen LogP contribution >= 0.6 is 0 Å². The van der Waals surface area contributed by atoms with E-state index in [-0.39, 0.29) is 0 Å². The van der Waals surface area contributed by atoms with Crippen LogP contribution in [0, 0.1) is 0 Å². The molecule has 0 saturated heterocycles. The summed E-state index contributed by atoms with van der Waals surface area (Å²) in [5.74, 6) is 0. The van der Waals surface area contributed by atoms with Crippen LogP contribution in [-0.4, -0.2) is 14.9 Å². The fourth-order valence-corrected chi connectivity index (χ4v) is 3.02. The van der Waals surface area contributed by atoms with Gasteiger partial charge < -0.3 is 5.11 Å². The Morgan fingerprint density at radius 1 is 1.22 bits per heavy atom. The molecule has 94 valence electrons. The molecule has 3 heteroatoms. The van der Waals surface area contributed by atoms with Gasteiger partial charge in [-0.05, 0) is 42.9 Å². The lowest BCUT2D eigenvalue weighted by Gasteiger charge is -2.29. The molecule has 2 aromatic rings. The average Bonchev–Trinajstić information content (AvgIpc) is 2.74. The summed E-state index contributed by atoms with van der Waals surface area (Å²) in [6, 6.07) is 10.1. The van der Waals surface area contributed by atoms with E-state index in [0.29, 0.717) is 0 Å². The van der Waals surface area contributed by atoms with Crippen molar-refractivity contribution in [2.75, 3.05) is 0 Å². The van der Waals surface area contributed by atoms with E-state index in [1.165, 1.54) is 5.56 Å². The van der Waals surface area contributed by atoms with Gasteiger partial charge in [-0.2, -0.15) is 5.10 Å². The predicted octanol–water partition coefficient (Wildman–Crippen LogP) is 2.38. The Balaban J connectivity index is 2.19. The molecule has 1 unspecified atom stereocenters. The topological polar surface area (TPSA) is 38.0 Å². The molecule has 0 aliphatic heterocycles. The fourth-order valence-electron chi connectivity index (χ4n) is 3.02. The second-order valence-corrected chi connectivity index (χ2v) is 5.06. The molecule has 3 rings (SSSR count). The van der Waals surface area contributed by atoms with Crippen LogP contribution in [-0.2, 0) is 19.1 Å². The first-order chi connectivity index (χ1) is 8.72. The molecule has 1 aliphatic carbocycles. The van der Waals surface area contributed by atoms with Gasteiger partial charge in [-0.3, -0.25) is 4.68 Å². The summed E-state index contributed by atoms with van der Waals surface area (Å²) < 4.78 is 1.78. The first kappa shape index (κ1) is 11.5. The molecule has 0 fully saturated rings. The Labute approximate surface area is 107 Å². The van der Waals surface area contributed by atoms with Crippen molar-refractivity contribution >= 4 is 0 Å². The Bertz CT molecular complexity index is 561. The van der Waals surface area contributed by atoms with Crippen LogP contribution in [0.25, 0.3) is 0 Å². The van der Waals surface area contributed by atoms with Gasteiger partial charge in [0.25, 0.3) is 0 Å². The van der Waals surface area contributed by atoms with E-state index in [1.807, 2.05) is 31.3 Å². The summed E-state index contributed by atoms with van der Waals surface area (Å²) in [7, 11) is 1.89. The fraction of sp³-hybridized carbons (Fsp3) is 0.400. The minimum absolute atomic E-state index is 0.767. The SMILES string of the molecule is Cn1nccc1C1(O)CCCCc2ccccc21. The van der Waals surface area contributed by atoms with Gasteiger partial charge in [0.2, 0.25) is 0 Å². The van der Waals surface area contributed by atoms with E-state index in [2.05, 4.69) is 11.2 Å². The van der Waals surface area contributed by atoms with Crippen LogP contribution < -0.4 is 0 Å². The normalized spacial score (nSPS) is 23.4. The summed E-state index contributed by atoms with van der Waals surface area (Å²) in [4.78, 5) is 0. The van der Waals surface area contributed by atoms with Crippen LogP contribution in [0.3, 0.4) is 0 Å². The minimum Gasteiger partial charge on any atom is -0.379 e. The molecule has 1 heterocycles. The van der Waals surface area contributed by atoms with E-state index in [0.717, 1.165) is 36.9 Å². The van der Waals surface area contributed by atoms with E-state index in [4.69, 9.17) is 0 Å². The van der Waals surface area contributed by atoms with E-state index in [1.54, 1.807) is 10.9 Å². The largest absolute Gasteiger partial charge is 0.379 e. The highest BCUT2D eigenvalue weighted by Gasteiger charge is 2.36. The summed E-state index contributed by atoms with van der Waals surface area (Å²) in [6.45, 7) is 0. The third-order valence-electron chi connectivity index (χ3n) is 3.94. The van der Waals surface area contributed by atoms with Crippen molar-refractivity contribution in [1.29, 1.82) is 0 Å². The highest BCUT2D eigenvalue weighted by atomic mass is 16.3. The lowest BCUT2D eigenvalue weighted by atomic mass is 9.85. The van der Waals surface area contributed by atoms with E-state index in [9.17, 15) is 5.11 Å². The molecule has 0 amide bonds. The third-order valence-corrected chi connectivity index (χ3v) is 3.94. The zero-order valence-corrected chi connectivity index (χ0v) is 10.6. The number of nitrogens with zero attached hydrogens (tertiary/aromatic N) is 2. The molecule has 1 N–H and O–H groups in total. The van der Waals surface area contributed by atoms with Crippen molar-refractivity contribution in [2.45, 2.75) is 31.3 Å². The van der Waals surface area contributed by atoms with Gasteiger partial charge in [-0.1, -0.05) is 24.3 Å². The maximum atomic E-state index is 11.2. The third kappa shape index (κ3) is 1.66. The van der Waals surface area contributed by atoms with Gasteiger partial charge >= 0.3 is 0 Å².